The Morgan fingerprint density at radius 3 is 2.46 bits per heavy atom. The van der Waals surface area contributed by atoms with Crippen LogP contribution in [-0.2, 0) is 6.54 Å². The van der Waals surface area contributed by atoms with E-state index < -0.39 is 0 Å². The molecule has 26 heavy (non-hydrogen) atoms. The summed E-state index contributed by atoms with van der Waals surface area (Å²) in [6.07, 6.45) is 0. The van der Waals surface area contributed by atoms with Gasteiger partial charge in [-0.1, -0.05) is 18.2 Å². The van der Waals surface area contributed by atoms with Gasteiger partial charge in [-0.25, -0.2) is 4.79 Å². The number of urea groups is 1. The van der Waals surface area contributed by atoms with Crippen molar-refractivity contribution in [2.24, 2.45) is 0 Å². The van der Waals surface area contributed by atoms with Gasteiger partial charge in [0.2, 0.25) is 0 Å². The third-order valence-electron chi connectivity index (χ3n) is 4.55. The lowest BCUT2D eigenvalue weighted by atomic mass is 10.2. The van der Waals surface area contributed by atoms with Crippen LogP contribution in [0.1, 0.15) is 11.1 Å². The minimum atomic E-state index is -0.0598. The minimum Gasteiger partial charge on any atom is -0.496 e. The van der Waals surface area contributed by atoms with E-state index in [-0.39, 0.29) is 6.03 Å². The zero-order valence-corrected chi connectivity index (χ0v) is 14.8. The molecule has 1 aliphatic heterocycles. The monoisotopic (exact) mass is 350 g/mol. The molecule has 1 fully saturated rings. The van der Waals surface area contributed by atoms with E-state index >= 15 is 0 Å². The summed E-state index contributed by atoms with van der Waals surface area (Å²) in [5, 5.41) is 11.8. The molecule has 1 N–H and O–H groups in total. The first-order valence-electron chi connectivity index (χ1n) is 8.61. The van der Waals surface area contributed by atoms with Crippen LogP contribution in [0.3, 0.4) is 0 Å². The highest BCUT2D eigenvalue weighted by Crippen LogP contribution is 2.18. The number of piperazine rings is 1. The Morgan fingerprint density at radius 1 is 1.12 bits per heavy atom. The molecule has 2 amide bonds. The van der Waals surface area contributed by atoms with E-state index in [4.69, 9.17) is 10.00 Å². The molecule has 2 aromatic carbocycles. The van der Waals surface area contributed by atoms with Crippen molar-refractivity contribution in [1.82, 2.24) is 10.2 Å². The van der Waals surface area contributed by atoms with Crippen molar-refractivity contribution in [3.63, 3.8) is 0 Å². The van der Waals surface area contributed by atoms with Crippen molar-refractivity contribution in [2.75, 3.05) is 38.2 Å². The standard InChI is InChI=1S/C20H22N4O2/c1-26-19-5-3-2-4-17(19)15-22-20(25)24-12-10-23(11-13-24)18-8-6-16(14-21)7-9-18/h2-9H,10-13,15H2,1H3,(H,22,25). The van der Waals surface area contributed by atoms with Gasteiger partial charge in [0.1, 0.15) is 5.75 Å². The van der Waals surface area contributed by atoms with Crippen LogP contribution in [0.4, 0.5) is 10.5 Å². The number of rotatable bonds is 4. The topological polar surface area (TPSA) is 68.6 Å². The summed E-state index contributed by atoms with van der Waals surface area (Å²) < 4.78 is 5.31. The van der Waals surface area contributed by atoms with Crippen LogP contribution >= 0.6 is 0 Å². The SMILES string of the molecule is COc1ccccc1CNC(=O)N1CCN(c2ccc(C#N)cc2)CC1. The normalized spacial score (nSPS) is 13.8. The number of anilines is 1. The molecule has 6 nitrogen and oxygen atoms in total. The number of carbonyl (C=O) groups is 1. The first-order valence-corrected chi connectivity index (χ1v) is 8.61. The lowest BCUT2D eigenvalue weighted by Crippen LogP contribution is -2.51. The molecule has 0 aliphatic carbocycles. The van der Waals surface area contributed by atoms with E-state index in [1.807, 2.05) is 53.4 Å². The first-order chi connectivity index (χ1) is 12.7. The molecule has 1 heterocycles. The van der Waals surface area contributed by atoms with Crippen LogP contribution in [0.5, 0.6) is 5.75 Å². The number of methoxy groups -OCH3 is 1. The van der Waals surface area contributed by atoms with Crippen LogP contribution in [0.25, 0.3) is 0 Å². The number of nitrogens with zero attached hydrogens (tertiary/aromatic N) is 3. The Kier molecular flexibility index (Phi) is 5.59. The van der Waals surface area contributed by atoms with Crippen molar-refractivity contribution < 1.29 is 9.53 Å². The number of carbonyl (C=O) groups excluding carboxylic acids is 1. The van der Waals surface area contributed by atoms with Gasteiger partial charge in [0.05, 0.1) is 18.7 Å². The van der Waals surface area contributed by atoms with E-state index in [9.17, 15) is 4.79 Å². The van der Waals surface area contributed by atoms with Gasteiger partial charge in [0, 0.05) is 44.0 Å². The summed E-state index contributed by atoms with van der Waals surface area (Å²) in [6, 6.07) is 17.3. The fourth-order valence-corrected chi connectivity index (χ4v) is 3.05. The lowest BCUT2D eigenvalue weighted by Gasteiger charge is -2.36. The zero-order valence-electron chi connectivity index (χ0n) is 14.8. The Hall–Kier alpha value is -3.20. The van der Waals surface area contributed by atoms with Gasteiger partial charge in [0.25, 0.3) is 0 Å². The predicted molar refractivity (Wildman–Crippen MR) is 100 cm³/mol. The van der Waals surface area contributed by atoms with Crippen molar-refractivity contribution >= 4 is 11.7 Å². The lowest BCUT2D eigenvalue weighted by molar-refractivity contribution is 0.194. The molecule has 0 saturated carbocycles. The van der Waals surface area contributed by atoms with Gasteiger partial charge < -0.3 is 19.9 Å². The van der Waals surface area contributed by atoms with Crippen molar-refractivity contribution in [2.45, 2.75) is 6.54 Å². The average molecular weight is 350 g/mol. The highest BCUT2D eigenvalue weighted by atomic mass is 16.5. The maximum atomic E-state index is 12.4. The van der Waals surface area contributed by atoms with E-state index in [0.29, 0.717) is 25.2 Å². The molecule has 6 heteroatoms. The van der Waals surface area contributed by atoms with Crippen LogP contribution in [0.2, 0.25) is 0 Å². The molecule has 3 rings (SSSR count). The molecular formula is C20H22N4O2. The van der Waals surface area contributed by atoms with E-state index in [1.165, 1.54) is 0 Å². The number of ether oxygens (including phenoxy) is 1. The molecule has 0 aromatic heterocycles. The molecule has 0 unspecified atom stereocenters. The Balaban J connectivity index is 1.51. The molecular weight excluding hydrogens is 328 g/mol. The molecule has 0 bridgehead atoms. The third kappa shape index (κ3) is 4.06. The molecule has 2 aromatic rings. The molecule has 0 spiro atoms. The van der Waals surface area contributed by atoms with Gasteiger partial charge in [-0.3, -0.25) is 0 Å². The number of hydrogen-bond acceptors (Lipinski definition) is 4. The summed E-state index contributed by atoms with van der Waals surface area (Å²) in [5.41, 5.74) is 2.70. The largest absolute Gasteiger partial charge is 0.496 e. The smallest absolute Gasteiger partial charge is 0.317 e. The summed E-state index contributed by atoms with van der Waals surface area (Å²) >= 11 is 0. The van der Waals surface area contributed by atoms with Crippen LogP contribution < -0.4 is 15.0 Å². The number of benzene rings is 2. The molecule has 1 saturated heterocycles. The third-order valence-corrected chi connectivity index (χ3v) is 4.55. The van der Waals surface area contributed by atoms with Gasteiger partial charge in [-0.05, 0) is 30.3 Å². The highest BCUT2D eigenvalue weighted by molar-refractivity contribution is 5.74. The minimum absolute atomic E-state index is 0.0598. The van der Waals surface area contributed by atoms with E-state index in [1.54, 1.807) is 7.11 Å². The van der Waals surface area contributed by atoms with Crippen molar-refractivity contribution in [3.05, 3.63) is 59.7 Å². The average Bonchev–Trinajstić information content (AvgIpc) is 2.72. The molecule has 0 radical (unpaired) electrons. The number of nitrogens with one attached hydrogen (secondary N) is 1. The maximum Gasteiger partial charge on any atom is 0.317 e. The fourth-order valence-electron chi connectivity index (χ4n) is 3.05. The summed E-state index contributed by atoms with van der Waals surface area (Å²) in [4.78, 5) is 16.5. The van der Waals surface area contributed by atoms with Crippen molar-refractivity contribution in [1.29, 1.82) is 5.26 Å². The van der Waals surface area contributed by atoms with E-state index in [2.05, 4.69) is 16.3 Å². The number of para-hydroxylation sites is 1. The quantitative estimate of drug-likeness (QED) is 0.920. The molecule has 134 valence electrons. The second-order valence-electron chi connectivity index (χ2n) is 6.10. The number of nitriles is 1. The summed E-state index contributed by atoms with van der Waals surface area (Å²) in [6.45, 7) is 3.32. The number of amides is 2. The Morgan fingerprint density at radius 2 is 1.81 bits per heavy atom. The van der Waals surface area contributed by atoms with Gasteiger partial charge >= 0.3 is 6.03 Å². The van der Waals surface area contributed by atoms with E-state index in [0.717, 1.165) is 30.1 Å². The number of hydrogen-bond donors (Lipinski definition) is 1. The van der Waals surface area contributed by atoms with Gasteiger partial charge in [0.15, 0.2) is 0 Å². The maximum absolute atomic E-state index is 12.4. The highest BCUT2D eigenvalue weighted by Gasteiger charge is 2.21. The first kappa shape index (κ1) is 17.6. The zero-order chi connectivity index (χ0) is 18.4. The summed E-state index contributed by atoms with van der Waals surface area (Å²) in [7, 11) is 1.63. The Labute approximate surface area is 153 Å². The molecule has 1 aliphatic rings. The second kappa shape index (κ2) is 8.26. The Bertz CT molecular complexity index is 790. The van der Waals surface area contributed by atoms with Gasteiger partial charge in [-0.15, -0.1) is 0 Å². The van der Waals surface area contributed by atoms with Crippen LogP contribution in [0.15, 0.2) is 48.5 Å². The fraction of sp³-hybridized carbons (Fsp3) is 0.300. The predicted octanol–water partition coefficient (Wildman–Crippen LogP) is 2.60. The molecule has 0 atom stereocenters. The summed E-state index contributed by atoms with van der Waals surface area (Å²) in [5.74, 6) is 0.776. The van der Waals surface area contributed by atoms with Crippen LogP contribution in [0, 0.1) is 11.3 Å². The van der Waals surface area contributed by atoms with Gasteiger partial charge in [-0.2, -0.15) is 5.26 Å². The van der Waals surface area contributed by atoms with Crippen LogP contribution in [-0.4, -0.2) is 44.2 Å². The van der Waals surface area contributed by atoms with Crippen molar-refractivity contribution in [3.8, 4) is 11.8 Å². The second-order valence-corrected chi connectivity index (χ2v) is 6.10.